The van der Waals surface area contributed by atoms with E-state index >= 15 is 0 Å². The Morgan fingerprint density at radius 2 is 2.00 bits per heavy atom. The van der Waals surface area contributed by atoms with Gasteiger partial charge in [-0.15, -0.1) is 0 Å². The lowest BCUT2D eigenvalue weighted by atomic mass is 10.1. The van der Waals surface area contributed by atoms with E-state index in [9.17, 15) is 24.8 Å². The summed E-state index contributed by atoms with van der Waals surface area (Å²) in [7, 11) is 2.83. The number of benzene rings is 2. The van der Waals surface area contributed by atoms with Crippen LogP contribution in [0.1, 0.15) is 22.8 Å². The first-order valence-electron chi connectivity index (χ1n) is 9.34. The lowest BCUT2D eigenvalue weighted by Crippen LogP contribution is -2.23. The fourth-order valence-corrected chi connectivity index (χ4v) is 3.77. The molecular weight excluding hydrogens is 438 g/mol. The second kappa shape index (κ2) is 9.52. The number of aliphatic imine (C=N–C) groups is 1. The number of esters is 1. The minimum Gasteiger partial charge on any atom is -0.504 e. The maximum absolute atomic E-state index is 12.7. The molecule has 0 aliphatic carbocycles. The van der Waals surface area contributed by atoms with Gasteiger partial charge in [-0.25, -0.2) is 9.79 Å². The average Bonchev–Trinajstić information content (AvgIpc) is 3.04. The van der Waals surface area contributed by atoms with Gasteiger partial charge >= 0.3 is 5.97 Å². The Bertz CT molecular complexity index is 1140. The number of thioether (sulfide) groups is 1. The number of hydrogen-bond donors (Lipinski definition) is 1. The molecule has 1 heterocycles. The summed E-state index contributed by atoms with van der Waals surface area (Å²) in [4.78, 5) is 40.8. The maximum Gasteiger partial charge on any atom is 0.337 e. The third-order valence-corrected chi connectivity index (χ3v) is 5.46. The van der Waals surface area contributed by atoms with Crippen molar-refractivity contribution in [3.63, 3.8) is 0 Å². The summed E-state index contributed by atoms with van der Waals surface area (Å²) in [5, 5.41) is 22.0. The van der Waals surface area contributed by atoms with Crippen LogP contribution >= 0.6 is 11.8 Å². The van der Waals surface area contributed by atoms with Gasteiger partial charge in [0.15, 0.2) is 16.7 Å². The number of phenols is 1. The molecule has 3 rings (SSSR count). The van der Waals surface area contributed by atoms with E-state index in [4.69, 9.17) is 4.74 Å². The third-order valence-electron chi connectivity index (χ3n) is 4.40. The zero-order chi connectivity index (χ0) is 23.4. The van der Waals surface area contributed by atoms with Crippen molar-refractivity contribution in [2.45, 2.75) is 6.92 Å². The summed E-state index contributed by atoms with van der Waals surface area (Å²) in [5.74, 6) is -1.20. The Labute approximate surface area is 187 Å². The summed E-state index contributed by atoms with van der Waals surface area (Å²) in [6.45, 7) is 1.88. The molecular formula is C21H19N3O7S. The molecule has 0 spiro atoms. The van der Waals surface area contributed by atoms with Crippen molar-refractivity contribution in [2.24, 2.45) is 4.99 Å². The number of likely N-dealkylation sites (N-methyl/N-ethyl adjacent to an activating group) is 1. The predicted molar refractivity (Wildman–Crippen MR) is 119 cm³/mol. The van der Waals surface area contributed by atoms with Crippen LogP contribution in [0.2, 0.25) is 0 Å². The number of ether oxygens (including phenoxy) is 2. The van der Waals surface area contributed by atoms with Gasteiger partial charge in [-0.1, -0.05) is 0 Å². The molecule has 0 unspecified atom stereocenters. The van der Waals surface area contributed by atoms with Gasteiger partial charge in [0, 0.05) is 18.7 Å². The number of hydrogen-bond acceptors (Lipinski definition) is 9. The first kappa shape index (κ1) is 22.8. The predicted octanol–water partition coefficient (Wildman–Crippen LogP) is 3.72. The van der Waals surface area contributed by atoms with E-state index in [1.54, 1.807) is 31.2 Å². The lowest BCUT2D eigenvalue weighted by molar-refractivity contribution is -0.385. The van der Waals surface area contributed by atoms with E-state index in [2.05, 4.69) is 9.73 Å². The van der Waals surface area contributed by atoms with Crippen molar-refractivity contribution >= 4 is 46.3 Å². The molecule has 2 aromatic carbocycles. The van der Waals surface area contributed by atoms with Crippen LogP contribution in [-0.2, 0) is 9.53 Å². The monoisotopic (exact) mass is 457 g/mol. The normalized spacial score (nSPS) is 16.0. The number of carbonyl (C=O) groups excluding carboxylic acids is 2. The first-order chi connectivity index (χ1) is 15.2. The molecule has 0 atom stereocenters. The molecule has 0 saturated carbocycles. The number of aromatic hydroxyl groups is 1. The number of amides is 1. The van der Waals surface area contributed by atoms with Crippen molar-refractivity contribution in [3.05, 3.63) is 62.5 Å². The van der Waals surface area contributed by atoms with E-state index in [-0.39, 0.29) is 40.2 Å². The van der Waals surface area contributed by atoms with Gasteiger partial charge < -0.3 is 14.6 Å². The highest BCUT2D eigenvalue weighted by Gasteiger charge is 2.31. The van der Waals surface area contributed by atoms with Crippen LogP contribution in [-0.4, -0.2) is 52.7 Å². The number of non-ortho nitro benzene ring substituents is 1. The van der Waals surface area contributed by atoms with Crippen LogP contribution in [0.3, 0.4) is 0 Å². The zero-order valence-corrected chi connectivity index (χ0v) is 18.2. The van der Waals surface area contributed by atoms with Crippen LogP contribution < -0.4 is 4.74 Å². The lowest BCUT2D eigenvalue weighted by Gasteiger charge is -2.08. The van der Waals surface area contributed by atoms with Crippen molar-refractivity contribution in [2.75, 3.05) is 20.8 Å². The molecule has 1 fully saturated rings. The highest BCUT2D eigenvalue weighted by Crippen LogP contribution is 2.39. The molecule has 11 heteroatoms. The second-order valence-corrected chi connectivity index (χ2v) is 7.49. The molecule has 1 N–H and O–H groups in total. The standard InChI is InChI=1S/C21H19N3O7S/c1-4-31-16-11-15(24(28)29)9-13(18(16)25)10-17-19(26)23(2)21(32-17)22-14-7-5-12(6-8-14)20(27)30-3/h5-11,25H,4H2,1-3H3/b17-10-,22-21?. The smallest absolute Gasteiger partial charge is 0.337 e. The molecule has 0 aromatic heterocycles. The fraction of sp³-hybridized carbons (Fsp3) is 0.190. The Morgan fingerprint density at radius 1 is 1.31 bits per heavy atom. The van der Waals surface area contributed by atoms with Gasteiger partial charge in [0.2, 0.25) is 0 Å². The summed E-state index contributed by atoms with van der Waals surface area (Å²) < 4.78 is 9.93. The number of amidine groups is 1. The van der Waals surface area contributed by atoms with Crippen LogP contribution in [0, 0.1) is 10.1 Å². The molecule has 1 aliphatic rings. The molecule has 1 saturated heterocycles. The Kier molecular flexibility index (Phi) is 6.79. The SMILES string of the molecule is CCOc1cc([N+](=O)[O-])cc(/C=C2\SC(=Nc3ccc(C(=O)OC)cc3)N(C)C2=O)c1O. The molecule has 32 heavy (non-hydrogen) atoms. The number of methoxy groups -OCH3 is 1. The number of nitro groups is 1. The number of phenolic OH excluding ortho intramolecular Hbond substituents is 1. The van der Waals surface area contributed by atoms with E-state index in [0.29, 0.717) is 16.4 Å². The Hall–Kier alpha value is -3.86. The zero-order valence-electron chi connectivity index (χ0n) is 17.4. The van der Waals surface area contributed by atoms with Crippen LogP contribution in [0.25, 0.3) is 6.08 Å². The topological polar surface area (TPSA) is 132 Å². The van der Waals surface area contributed by atoms with Gasteiger partial charge in [0.25, 0.3) is 11.6 Å². The summed E-state index contributed by atoms with van der Waals surface area (Å²) in [6, 6.07) is 8.63. The van der Waals surface area contributed by atoms with Gasteiger partial charge in [-0.3, -0.25) is 19.8 Å². The molecule has 166 valence electrons. The highest BCUT2D eigenvalue weighted by atomic mass is 32.2. The van der Waals surface area contributed by atoms with Crippen LogP contribution in [0.4, 0.5) is 11.4 Å². The minimum absolute atomic E-state index is 0.0445. The van der Waals surface area contributed by atoms with Crippen LogP contribution in [0.5, 0.6) is 11.5 Å². The summed E-state index contributed by atoms with van der Waals surface area (Å²) >= 11 is 1.05. The van der Waals surface area contributed by atoms with Gasteiger partial charge in [-0.05, 0) is 49.0 Å². The average molecular weight is 457 g/mol. The number of nitrogens with zero attached hydrogens (tertiary/aromatic N) is 3. The Balaban J connectivity index is 1.94. The number of rotatable bonds is 6. The number of carbonyl (C=O) groups is 2. The first-order valence-corrected chi connectivity index (χ1v) is 10.2. The van der Waals surface area contributed by atoms with Gasteiger partial charge in [-0.2, -0.15) is 0 Å². The molecule has 2 aromatic rings. The van der Waals surface area contributed by atoms with Crippen molar-refractivity contribution in [1.29, 1.82) is 0 Å². The highest BCUT2D eigenvalue weighted by molar-refractivity contribution is 8.18. The molecule has 1 aliphatic heterocycles. The van der Waals surface area contributed by atoms with Gasteiger partial charge in [0.1, 0.15) is 0 Å². The quantitative estimate of drug-likeness (QED) is 0.300. The Morgan fingerprint density at radius 3 is 2.59 bits per heavy atom. The summed E-state index contributed by atoms with van der Waals surface area (Å²) in [6.07, 6.45) is 1.36. The van der Waals surface area contributed by atoms with E-state index in [0.717, 1.165) is 17.8 Å². The molecule has 10 nitrogen and oxygen atoms in total. The maximum atomic E-state index is 12.7. The van der Waals surface area contributed by atoms with E-state index in [1.165, 1.54) is 31.2 Å². The largest absolute Gasteiger partial charge is 0.504 e. The third kappa shape index (κ3) is 4.72. The molecule has 1 amide bonds. The van der Waals surface area contributed by atoms with Crippen molar-refractivity contribution in [3.8, 4) is 11.5 Å². The fourth-order valence-electron chi connectivity index (χ4n) is 2.79. The van der Waals surface area contributed by atoms with Crippen molar-refractivity contribution < 1.29 is 29.1 Å². The minimum atomic E-state index is -0.607. The van der Waals surface area contributed by atoms with E-state index in [1.807, 2.05) is 0 Å². The van der Waals surface area contributed by atoms with Crippen LogP contribution in [0.15, 0.2) is 46.3 Å². The number of nitro benzene ring substituents is 1. The van der Waals surface area contributed by atoms with Gasteiger partial charge in [0.05, 0.1) is 40.9 Å². The molecule has 0 radical (unpaired) electrons. The molecule has 0 bridgehead atoms. The van der Waals surface area contributed by atoms with Crippen molar-refractivity contribution in [1.82, 2.24) is 4.90 Å². The summed E-state index contributed by atoms with van der Waals surface area (Å²) in [5.41, 5.74) is 0.682. The second-order valence-electron chi connectivity index (χ2n) is 6.48. The van der Waals surface area contributed by atoms with E-state index < -0.39 is 10.9 Å².